The highest BCUT2D eigenvalue weighted by molar-refractivity contribution is 6.31. The number of carbonyl (C=O) groups excluding carboxylic acids is 1. The van der Waals surface area contributed by atoms with Crippen LogP contribution in [-0.4, -0.2) is 54.4 Å². The number of hydrogen-bond acceptors (Lipinski definition) is 4. The highest BCUT2D eigenvalue weighted by atomic mass is 35.5. The van der Waals surface area contributed by atoms with E-state index >= 15 is 0 Å². The maximum atomic E-state index is 11.9. The second kappa shape index (κ2) is 6.58. The van der Waals surface area contributed by atoms with Gasteiger partial charge in [-0.25, -0.2) is 0 Å². The number of aliphatic hydroxyl groups is 2. The summed E-state index contributed by atoms with van der Waals surface area (Å²) in [7, 11) is 3.30. The molecule has 0 aliphatic heterocycles. The lowest BCUT2D eigenvalue weighted by molar-refractivity contribution is 0.0828. The second-order valence-corrected chi connectivity index (χ2v) is 4.54. The first-order chi connectivity index (χ1) is 8.45. The van der Waals surface area contributed by atoms with Gasteiger partial charge in [-0.2, -0.15) is 0 Å². The van der Waals surface area contributed by atoms with E-state index in [-0.39, 0.29) is 19.1 Å². The van der Waals surface area contributed by atoms with Gasteiger partial charge >= 0.3 is 0 Å². The number of anilines is 1. The molecule has 0 heterocycles. The number of benzene rings is 1. The Bertz CT molecular complexity index is 424. The first kappa shape index (κ1) is 14.8. The van der Waals surface area contributed by atoms with Crippen molar-refractivity contribution in [1.82, 2.24) is 4.90 Å². The molecule has 0 bridgehead atoms. The molecule has 6 heteroatoms. The van der Waals surface area contributed by atoms with Gasteiger partial charge in [0.15, 0.2) is 0 Å². The molecule has 0 aromatic heterocycles. The van der Waals surface area contributed by atoms with Crippen molar-refractivity contribution in [2.24, 2.45) is 0 Å². The van der Waals surface area contributed by atoms with Crippen molar-refractivity contribution in [1.29, 1.82) is 0 Å². The number of halogens is 1. The number of nitrogens with zero attached hydrogens (tertiary/aromatic N) is 1. The third kappa shape index (κ3) is 3.87. The average Bonchev–Trinajstić information content (AvgIpc) is 2.35. The minimum absolute atomic E-state index is 0.159. The smallest absolute Gasteiger partial charge is 0.255 e. The summed E-state index contributed by atoms with van der Waals surface area (Å²) in [5.74, 6) is -0.182. The molecular formula is C12H17ClN2O3. The van der Waals surface area contributed by atoms with Crippen LogP contribution >= 0.6 is 11.6 Å². The number of nitrogens with one attached hydrogen (secondary N) is 1. The van der Waals surface area contributed by atoms with Crippen molar-refractivity contribution in [2.75, 3.05) is 32.6 Å². The molecule has 1 atom stereocenters. The Hall–Kier alpha value is -1.30. The molecule has 1 aromatic carbocycles. The van der Waals surface area contributed by atoms with Crippen LogP contribution < -0.4 is 5.32 Å². The zero-order valence-corrected chi connectivity index (χ0v) is 11.1. The normalized spacial score (nSPS) is 12.1. The zero-order valence-electron chi connectivity index (χ0n) is 10.4. The van der Waals surface area contributed by atoms with Crippen LogP contribution in [0, 0.1) is 0 Å². The van der Waals surface area contributed by atoms with E-state index in [1.807, 2.05) is 0 Å². The van der Waals surface area contributed by atoms with Crippen LogP contribution in [0.1, 0.15) is 10.4 Å². The summed E-state index contributed by atoms with van der Waals surface area (Å²) in [4.78, 5) is 13.4. The Labute approximate surface area is 111 Å². The molecule has 0 aliphatic carbocycles. The molecule has 0 aliphatic rings. The fraction of sp³-hybridized carbons (Fsp3) is 0.417. The van der Waals surface area contributed by atoms with E-state index in [9.17, 15) is 9.90 Å². The van der Waals surface area contributed by atoms with Gasteiger partial charge in [0.1, 0.15) is 0 Å². The molecule has 0 fully saturated rings. The van der Waals surface area contributed by atoms with Crippen molar-refractivity contribution in [3.8, 4) is 0 Å². The third-order valence-electron chi connectivity index (χ3n) is 2.36. The van der Waals surface area contributed by atoms with Crippen LogP contribution in [-0.2, 0) is 0 Å². The van der Waals surface area contributed by atoms with E-state index in [0.29, 0.717) is 16.3 Å². The van der Waals surface area contributed by atoms with Gasteiger partial charge in [-0.1, -0.05) is 11.6 Å². The third-order valence-corrected chi connectivity index (χ3v) is 2.59. The number of aliphatic hydroxyl groups excluding tert-OH is 2. The molecule has 0 saturated heterocycles. The minimum Gasteiger partial charge on any atom is -0.394 e. The van der Waals surface area contributed by atoms with Crippen LogP contribution in [0.3, 0.4) is 0 Å². The highest BCUT2D eigenvalue weighted by Crippen LogP contribution is 2.21. The van der Waals surface area contributed by atoms with E-state index in [1.165, 1.54) is 4.90 Å². The maximum absolute atomic E-state index is 11.9. The molecule has 0 spiro atoms. The molecule has 18 heavy (non-hydrogen) atoms. The Kier molecular flexibility index (Phi) is 5.40. The van der Waals surface area contributed by atoms with Crippen molar-refractivity contribution in [3.05, 3.63) is 28.8 Å². The van der Waals surface area contributed by atoms with Gasteiger partial charge in [0.2, 0.25) is 0 Å². The summed E-state index contributed by atoms with van der Waals surface area (Å²) >= 11 is 5.87. The predicted molar refractivity (Wildman–Crippen MR) is 71.1 cm³/mol. The molecule has 5 nitrogen and oxygen atoms in total. The number of carbonyl (C=O) groups is 1. The van der Waals surface area contributed by atoms with Crippen molar-refractivity contribution in [3.63, 3.8) is 0 Å². The van der Waals surface area contributed by atoms with E-state index in [1.54, 1.807) is 32.3 Å². The van der Waals surface area contributed by atoms with E-state index in [0.717, 1.165) is 0 Å². The van der Waals surface area contributed by atoms with Gasteiger partial charge in [0, 0.05) is 31.4 Å². The molecule has 0 saturated carbocycles. The SMILES string of the molecule is CN(C)C(=O)c1cc(Cl)ccc1NCC(O)CO. The van der Waals surface area contributed by atoms with Crippen LogP contribution in [0.25, 0.3) is 0 Å². The Morgan fingerprint density at radius 1 is 1.50 bits per heavy atom. The average molecular weight is 273 g/mol. The van der Waals surface area contributed by atoms with Crippen molar-refractivity contribution in [2.45, 2.75) is 6.10 Å². The zero-order chi connectivity index (χ0) is 13.7. The Morgan fingerprint density at radius 3 is 2.72 bits per heavy atom. The van der Waals surface area contributed by atoms with Crippen LogP contribution in [0.15, 0.2) is 18.2 Å². The second-order valence-electron chi connectivity index (χ2n) is 4.11. The van der Waals surface area contributed by atoms with Gasteiger partial charge in [-0.05, 0) is 18.2 Å². The Balaban J connectivity index is 2.93. The van der Waals surface area contributed by atoms with Gasteiger partial charge < -0.3 is 20.4 Å². The largest absolute Gasteiger partial charge is 0.394 e. The minimum atomic E-state index is -0.872. The standard InChI is InChI=1S/C12H17ClN2O3/c1-15(2)12(18)10-5-8(13)3-4-11(10)14-6-9(17)7-16/h3-5,9,14,16-17H,6-7H2,1-2H3. The number of rotatable bonds is 5. The summed E-state index contributed by atoms with van der Waals surface area (Å²) in [5, 5.41) is 21.4. The summed E-state index contributed by atoms with van der Waals surface area (Å²) in [6.07, 6.45) is -0.872. The molecule has 3 N–H and O–H groups in total. The monoisotopic (exact) mass is 272 g/mol. The molecule has 0 radical (unpaired) electrons. The first-order valence-electron chi connectivity index (χ1n) is 5.49. The lowest BCUT2D eigenvalue weighted by Gasteiger charge is -2.17. The Morgan fingerprint density at radius 2 is 2.17 bits per heavy atom. The topological polar surface area (TPSA) is 72.8 Å². The molecular weight excluding hydrogens is 256 g/mol. The number of hydrogen-bond donors (Lipinski definition) is 3. The van der Waals surface area contributed by atoms with Crippen LogP contribution in [0.5, 0.6) is 0 Å². The van der Waals surface area contributed by atoms with Gasteiger partial charge in [-0.3, -0.25) is 4.79 Å². The lowest BCUT2D eigenvalue weighted by atomic mass is 10.1. The summed E-state index contributed by atoms with van der Waals surface area (Å²) in [6, 6.07) is 4.89. The van der Waals surface area contributed by atoms with Crippen molar-refractivity contribution >= 4 is 23.2 Å². The maximum Gasteiger partial charge on any atom is 0.255 e. The quantitative estimate of drug-likeness (QED) is 0.742. The highest BCUT2D eigenvalue weighted by Gasteiger charge is 2.14. The van der Waals surface area contributed by atoms with Crippen LogP contribution in [0.4, 0.5) is 5.69 Å². The lowest BCUT2D eigenvalue weighted by Crippen LogP contribution is -2.26. The van der Waals surface area contributed by atoms with E-state index in [4.69, 9.17) is 16.7 Å². The molecule has 1 aromatic rings. The molecule has 1 rings (SSSR count). The van der Waals surface area contributed by atoms with E-state index < -0.39 is 6.10 Å². The molecule has 100 valence electrons. The van der Waals surface area contributed by atoms with Gasteiger partial charge in [0.05, 0.1) is 18.3 Å². The van der Waals surface area contributed by atoms with Gasteiger partial charge in [0.25, 0.3) is 5.91 Å². The fourth-order valence-electron chi connectivity index (χ4n) is 1.38. The van der Waals surface area contributed by atoms with Crippen LogP contribution in [0.2, 0.25) is 5.02 Å². The summed E-state index contributed by atoms with van der Waals surface area (Å²) in [5.41, 5.74) is 1.00. The van der Waals surface area contributed by atoms with Crippen molar-refractivity contribution < 1.29 is 15.0 Å². The van der Waals surface area contributed by atoms with E-state index in [2.05, 4.69) is 5.32 Å². The predicted octanol–water partition coefficient (Wildman–Crippen LogP) is 0.807. The molecule has 1 amide bonds. The fourth-order valence-corrected chi connectivity index (χ4v) is 1.55. The summed E-state index contributed by atoms with van der Waals surface area (Å²) < 4.78 is 0. The number of amides is 1. The molecule has 1 unspecified atom stereocenters. The van der Waals surface area contributed by atoms with Gasteiger partial charge in [-0.15, -0.1) is 0 Å². The summed E-state index contributed by atoms with van der Waals surface area (Å²) in [6.45, 7) is -0.177. The first-order valence-corrected chi connectivity index (χ1v) is 5.87.